The number of carbonyl (C=O) groups excluding carboxylic acids is 1. The lowest BCUT2D eigenvalue weighted by molar-refractivity contribution is 0.0794. The molecule has 0 unspecified atom stereocenters. The molecule has 0 fully saturated rings. The number of hydrogen-bond acceptors (Lipinski definition) is 4. The highest BCUT2D eigenvalue weighted by molar-refractivity contribution is 6.02. The average molecular weight is 343 g/mol. The van der Waals surface area contributed by atoms with Crippen LogP contribution in [0.5, 0.6) is 0 Å². The van der Waals surface area contributed by atoms with Gasteiger partial charge in [0.1, 0.15) is 0 Å². The smallest absolute Gasteiger partial charge is 0.254 e. The first-order valence-corrected chi connectivity index (χ1v) is 8.22. The first-order valence-electron chi connectivity index (χ1n) is 8.22. The van der Waals surface area contributed by atoms with Gasteiger partial charge >= 0.3 is 0 Å². The van der Waals surface area contributed by atoms with E-state index in [1.807, 2.05) is 31.2 Å². The van der Waals surface area contributed by atoms with E-state index in [9.17, 15) is 4.79 Å². The van der Waals surface area contributed by atoms with Crippen molar-refractivity contribution in [3.8, 4) is 17.2 Å². The predicted octanol–water partition coefficient (Wildman–Crippen LogP) is 3.16. The number of aromatic nitrogens is 2. The number of benzene rings is 2. The van der Waals surface area contributed by atoms with Crippen molar-refractivity contribution in [3.63, 3.8) is 0 Å². The third-order valence-corrected chi connectivity index (χ3v) is 4.74. The monoisotopic (exact) mass is 343 g/mol. The number of fused-ring (bicyclic) bond motifs is 2. The number of aromatic amines is 1. The summed E-state index contributed by atoms with van der Waals surface area (Å²) in [6.45, 7) is 6.29. The lowest BCUT2D eigenvalue weighted by atomic mass is 9.95. The van der Waals surface area contributed by atoms with Crippen molar-refractivity contribution < 1.29 is 4.79 Å². The molecule has 4 rings (SSSR count). The molecule has 0 spiro atoms. The van der Waals surface area contributed by atoms with E-state index >= 15 is 0 Å². The Labute approximate surface area is 150 Å². The maximum absolute atomic E-state index is 12.7. The maximum Gasteiger partial charge on any atom is 0.254 e. The van der Waals surface area contributed by atoms with Gasteiger partial charge in [-0.05, 0) is 47.9 Å². The van der Waals surface area contributed by atoms with Crippen LogP contribution in [0.3, 0.4) is 0 Å². The Hall–Kier alpha value is -3.59. The van der Waals surface area contributed by atoms with Gasteiger partial charge in [-0.25, -0.2) is 0 Å². The van der Waals surface area contributed by atoms with Crippen molar-refractivity contribution in [1.29, 1.82) is 5.26 Å². The molecule has 0 saturated heterocycles. The Morgan fingerprint density at radius 3 is 2.92 bits per heavy atom. The largest absolute Gasteiger partial charge is 0.399 e. The van der Waals surface area contributed by atoms with Gasteiger partial charge in [0.2, 0.25) is 0 Å². The fraction of sp³-hybridized carbons (Fsp3) is 0.150. The van der Waals surface area contributed by atoms with Gasteiger partial charge < -0.3 is 10.6 Å². The van der Waals surface area contributed by atoms with E-state index < -0.39 is 0 Å². The van der Waals surface area contributed by atoms with Crippen LogP contribution in [0.4, 0.5) is 5.69 Å². The minimum atomic E-state index is -0.120. The van der Waals surface area contributed by atoms with Crippen molar-refractivity contribution in [2.75, 3.05) is 12.3 Å². The van der Waals surface area contributed by atoms with E-state index in [-0.39, 0.29) is 12.5 Å². The lowest BCUT2D eigenvalue weighted by Gasteiger charge is -2.14. The molecule has 6 heteroatoms. The van der Waals surface area contributed by atoms with E-state index in [0.717, 1.165) is 33.3 Å². The molecule has 26 heavy (non-hydrogen) atoms. The van der Waals surface area contributed by atoms with Crippen LogP contribution in [0.1, 0.15) is 21.6 Å². The standard InChI is InChI=1S/C20H17N5O/c1-11(8-21)9-25-10-18-16(6-14(22)7-17(18)20(25)26)13-3-4-19-15(5-13)12(2)23-24-19/h3-7H,1,9-10,22H2,2H3,(H,23,24). The van der Waals surface area contributed by atoms with Crippen molar-refractivity contribution in [2.24, 2.45) is 0 Å². The highest BCUT2D eigenvalue weighted by Crippen LogP contribution is 2.36. The zero-order chi connectivity index (χ0) is 18.4. The highest BCUT2D eigenvalue weighted by Gasteiger charge is 2.30. The predicted molar refractivity (Wildman–Crippen MR) is 100 cm³/mol. The third-order valence-electron chi connectivity index (χ3n) is 4.74. The molecule has 6 nitrogen and oxygen atoms in total. The lowest BCUT2D eigenvalue weighted by Crippen LogP contribution is -2.25. The summed E-state index contributed by atoms with van der Waals surface area (Å²) in [7, 11) is 0. The number of anilines is 1. The van der Waals surface area contributed by atoms with Crippen LogP contribution in [0.15, 0.2) is 42.5 Å². The Kier molecular flexibility index (Phi) is 3.51. The number of carbonyl (C=O) groups is 1. The van der Waals surface area contributed by atoms with Gasteiger partial charge in [-0.15, -0.1) is 0 Å². The van der Waals surface area contributed by atoms with E-state index in [1.54, 1.807) is 11.0 Å². The number of rotatable bonds is 3. The molecule has 0 radical (unpaired) electrons. The third kappa shape index (κ3) is 2.42. The molecule has 1 amide bonds. The van der Waals surface area contributed by atoms with Gasteiger partial charge in [-0.2, -0.15) is 10.4 Å². The fourth-order valence-electron chi connectivity index (χ4n) is 3.45. The van der Waals surface area contributed by atoms with Crippen LogP contribution >= 0.6 is 0 Å². The SMILES string of the molecule is C=C(C#N)CN1Cc2c(cc(N)cc2-c2ccc3[nH]nc(C)c3c2)C1=O. The summed E-state index contributed by atoms with van der Waals surface area (Å²) >= 11 is 0. The first kappa shape index (κ1) is 15.9. The average Bonchev–Trinajstić information content (AvgIpc) is 3.15. The van der Waals surface area contributed by atoms with Gasteiger partial charge in [0, 0.05) is 28.8 Å². The topological polar surface area (TPSA) is 98.8 Å². The van der Waals surface area contributed by atoms with Crippen LogP contribution in [0.2, 0.25) is 0 Å². The van der Waals surface area contributed by atoms with Crippen LogP contribution in [-0.2, 0) is 6.54 Å². The van der Waals surface area contributed by atoms with Gasteiger partial charge in [-0.1, -0.05) is 12.6 Å². The molecule has 3 aromatic rings. The van der Waals surface area contributed by atoms with Crippen LogP contribution in [0.25, 0.3) is 22.0 Å². The number of nitrogens with one attached hydrogen (secondary N) is 1. The summed E-state index contributed by atoms with van der Waals surface area (Å²) in [4.78, 5) is 14.3. The Morgan fingerprint density at radius 1 is 1.38 bits per heavy atom. The highest BCUT2D eigenvalue weighted by atomic mass is 16.2. The number of nitrogens with two attached hydrogens (primary N) is 1. The summed E-state index contributed by atoms with van der Waals surface area (Å²) in [5, 5.41) is 17.2. The molecule has 2 heterocycles. The van der Waals surface area contributed by atoms with Gasteiger partial charge in [0.15, 0.2) is 0 Å². The molecular formula is C20H17N5O. The molecule has 0 saturated carbocycles. The van der Waals surface area contributed by atoms with Crippen molar-refractivity contribution in [2.45, 2.75) is 13.5 Å². The molecule has 128 valence electrons. The Morgan fingerprint density at radius 2 is 2.15 bits per heavy atom. The second kappa shape index (κ2) is 5.74. The number of amides is 1. The van der Waals surface area contributed by atoms with Crippen molar-refractivity contribution in [3.05, 3.63) is 59.3 Å². The van der Waals surface area contributed by atoms with Crippen molar-refractivity contribution >= 4 is 22.5 Å². The maximum atomic E-state index is 12.7. The Balaban J connectivity index is 1.83. The second-order valence-corrected chi connectivity index (χ2v) is 6.54. The molecule has 2 aromatic carbocycles. The van der Waals surface area contributed by atoms with Crippen LogP contribution < -0.4 is 5.73 Å². The molecule has 1 aromatic heterocycles. The molecular weight excluding hydrogens is 326 g/mol. The zero-order valence-corrected chi connectivity index (χ0v) is 14.3. The molecule has 0 aliphatic carbocycles. The first-order chi connectivity index (χ1) is 12.5. The van der Waals surface area contributed by atoms with Crippen LogP contribution in [0, 0.1) is 18.3 Å². The van der Waals surface area contributed by atoms with Gasteiger partial charge in [0.25, 0.3) is 5.91 Å². The number of nitrogen functional groups attached to an aromatic ring is 1. The fourth-order valence-corrected chi connectivity index (χ4v) is 3.45. The quantitative estimate of drug-likeness (QED) is 0.563. The van der Waals surface area contributed by atoms with Crippen molar-refractivity contribution in [1.82, 2.24) is 15.1 Å². The molecule has 1 aliphatic rings. The van der Waals surface area contributed by atoms with E-state index in [4.69, 9.17) is 11.0 Å². The summed E-state index contributed by atoms with van der Waals surface area (Å²) in [6.07, 6.45) is 0. The minimum Gasteiger partial charge on any atom is -0.399 e. The van der Waals surface area contributed by atoms with E-state index in [0.29, 0.717) is 23.4 Å². The van der Waals surface area contributed by atoms with Crippen LogP contribution in [-0.4, -0.2) is 27.5 Å². The zero-order valence-electron chi connectivity index (χ0n) is 14.3. The van der Waals surface area contributed by atoms with Gasteiger partial charge in [-0.3, -0.25) is 9.89 Å². The minimum absolute atomic E-state index is 0.120. The number of nitrogens with zero attached hydrogens (tertiary/aromatic N) is 3. The number of H-pyrrole nitrogens is 1. The summed E-state index contributed by atoms with van der Waals surface area (Å²) < 4.78 is 0. The molecule has 0 atom stereocenters. The normalized spacial score (nSPS) is 13.1. The van der Waals surface area contributed by atoms with E-state index in [2.05, 4.69) is 22.8 Å². The molecule has 1 aliphatic heterocycles. The summed E-state index contributed by atoms with van der Waals surface area (Å²) in [5.41, 5.74) is 12.3. The number of nitriles is 1. The number of hydrogen-bond donors (Lipinski definition) is 2. The number of aryl methyl sites for hydroxylation is 1. The Bertz CT molecular complexity index is 1120. The van der Waals surface area contributed by atoms with Gasteiger partial charge in [0.05, 0.1) is 23.8 Å². The molecule has 0 bridgehead atoms. The summed E-state index contributed by atoms with van der Waals surface area (Å²) in [6, 6.07) is 11.6. The summed E-state index contributed by atoms with van der Waals surface area (Å²) in [5.74, 6) is -0.120. The van der Waals surface area contributed by atoms with E-state index in [1.165, 1.54) is 0 Å². The molecule has 3 N–H and O–H groups in total. The second-order valence-electron chi connectivity index (χ2n) is 6.54.